The number of rotatable bonds is 4. The molecule has 0 bridgehead atoms. The van der Waals surface area contributed by atoms with Gasteiger partial charge in [-0.05, 0) is 56.1 Å². The summed E-state index contributed by atoms with van der Waals surface area (Å²) < 4.78 is 29.5. The highest BCUT2D eigenvalue weighted by atomic mass is 79.9. The van der Waals surface area contributed by atoms with Crippen LogP contribution in [-0.2, 0) is 10.0 Å². The SMILES string of the molecule is NC(=S)c1ccc(S(=O)(=O)Nc2c(Br)cc(Br)cc2Br)s1. The van der Waals surface area contributed by atoms with Gasteiger partial charge in [-0.3, -0.25) is 4.72 Å². The van der Waals surface area contributed by atoms with Crippen LogP contribution in [0.4, 0.5) is 5.69 Å². The highest BCUT2D eigenvalue weighted by Crippen LogP contribution is 2.36. The predicted molar refractivity (Wildman–Crippen MR) is 101 cm³/mol. The fourth-order valence-electron chi connectivity index (χ4n) is 1.42. The number of hydrogen-bond acceptors (Lipinski definition) is 4. The molecular weight excluding hydrogens is 528 g/mol. The average Bonchev–Trinajstić information content (AvgIpc) is 2.84. The van der Waals surface area contributed by atoms with Crippen molar-refractivity contribution in [3.63, 3.8) is 0 Å². The number of nitrogens with one attached hydrogen (secondary N) is 1. The molecule has 0 fully saturated rings. The van der Waals surface area contributed by atoms with Gasteiger partial charge in [-0.2, -0.15) is 0 Å². The van der Waals surface area contributed by atoms with Gasteiger partial charge in [0.1, 0.15) is 9.20 Å². The van der Waals surface area contributed by atoms with E-state index < -0.39 is 10.0 Å². The van der Waals surface area contributed by atoms with E-state index in [0.29, 0.717) is 19.5 Å². The Hall–Kier alpha value is -0.000000000000000194. The quantitative estimate of drug-likeness (QED) is 0.568. The van der Waals surface area contributed by atoms with Crippen LogP contribution in [0.25, 0.3) is 0 Å². The summed E-state index contributed by atoms with van der Waals surface area (Å²) in [5, 5.41) is 0. The van der Waals surface area contributed by atoms with Crippen molar-refractivity contribution in [2.24, 2.45) is 5.73 Å². The Morgan fingerprint density at radius 3 is 2.24 bits per heavy atom. The number of sulfonamides is 1. The molecule has 2 aromatic rings. The average molecular weight is 535 g/mol. The molecule has 10 heteroatoms. The molecular formula is C11H7Br3N2O2S3. The number of nitrogens with two attached hydrogens (primary N) is 1. The first-order valence-electron chi connectivity index (χ1n) is 5.27. The first-order valence-corrected chi connectivity index (χ1v) is 10.4. The van der Waals surface area contributed by atoms with Crippen molar-refractivity contribution in [2.75, 3.05) is 4.72 Å². The Balaban J connectivity index is 2.40. The Morgan fingerprint density at radius 1 is 1.19 bits per heavy atom. The standard InChI is InChI=1S/C11H7Br3N2O2S3/c12-5-3-6(13)10(7(14)4-5)16-21(17,18)9-2-1-8(20-9)11(15)19/h1-4,16H,(H2,15,19). The number of halogens is 3. The van der Waals surface area contributed by atoms with Crippen LogP contribution in [0.5, 0.6) is 0 Å². The summed E-state index contributed by atoms with van der Waals surface area (Å²) >= 11 is 15.8. The third-order valence-corrected chi connectivity index (χ3v) is 7.35. The third-order valence-electron chi connectivity index (χ3n) is 2.33. The molecule has 0 radical (unpaired) electrons. The van der Waals surface area contributed by atoms with E-state index >= 15 is 0 Å². The smallest absolute Gasteiger partial charge is 0.271 e. The Morgan fingerprint density at radius 2 is 1.76 bits per heavy atom. The third kappa shape index (κ3) is 4.05. The van der Waals surface area contributed by atoms with Crippen molar-refractivity contribution in [3.8, 4) is 0 Å². The topological polar surface area (TPSA) is 72.2 Å². The van der Waals surface area contributed by atoms with E-state index in [9.17, 15) is 8.42 Å². The molecule has 1 heterocycles. The molecule has 2 rings (SSSR count). The van der Waals surface area contributed by atoms with E-state index in [-0.39, 0.29) is 9.20 Å². The van der Waals surface area contributed by atoms with Gasteiger partial charge in [0.05, 0.1) is 10.6 Å². The highest BCUT2D eigenvalue weighted by molar-refractivity contribution is 9.11. The summed E-state index contributed by atoms with van der Waals surface area (Å²) in [6, 6.07) is 6.56. The Bertz CT molecular complexity index is 795. The molecule has 0 spiro atoms. The molecule has 1 aromatic carbocycles. The van der Waals surface area contributed by atoms with Crippen molar-refractivity contribution < 1.29 is 8.42 Å². The van der Waals surface area contributed by atoms with Crippen molar-refractivity contribution >= 4 is 92.0 Å². The molecule has 21 heavy (non-hydrogen) atoms. The van der Waals surface area contributed by atoms with E-state index in [1.165, 1.54) is 6.07 Å². The number of anilines is 1. The van der Waals surface area contributed by atoms with E-state index in [2.05, 4.69) is 52.5 Å². The van der Waals surface area contributed by atoms with Crippen LogP contribution in [-0.4, -0.2) is 13.4 Å². The molecule has 0 saturated carbocycles. The minimum absolute atomic E-state index is 0.145. The van der Waals surface area contributed by atoms with Gasteiger partial charge in [0, 0.05) is 13.4 Å². The second kappa shape index (κ2) is 6.63. The van der Waals surface area contributed by atoms with Crippen LogP contribution in [0, 0.1) is 0 Å². The van der Waals surface area contributed by atoms with Crippen LogP contribution in [0.3, 0.4) is 0 Å². The fourth-order valence-corrected chi connectivity index (χ4v) is 6.59. The zero-order valence-corrected chi connectivity index (χ0v) is 17.3. The molecule has 0 aliphatic carbocycles. The molecule has 1 aromatic heterocycles. The van der Waals surface area contributed by atoms with Gasteiger partial charge in [-0.15, -0.1) is 11.3 Å². The maximum absolute atomic E-state index is 12.4. The van der Waals surface area contributed by atoms with Crippen LogP contribution in [0.1, 0.15) is 4.88 Å². The lowest BCUT2D eigenvalue weighted by molar-refractivity contribution is 0.603. The van der Waals surface area contributed by atoms with Crippen molar-refractivity contribution in [1.29, 1.82) is 0 Å². The van der Waals surface area contributed by atoms with Crippen LogP contribution in [0.2, 0.25) is 0 Å². The minimum atomic E-state index is -3.71. The lowest BCUT2D eigenvalue weighted by atomic mass is 10.3. The van der Waals surface area contributed by atoms with Gasteiger partial charge in [-0.1, -0.05) is 28.1 Å². The zero-order valence-electron chi connectivity index (χ0n) is 10.1. The molecule has 112 valence electrons. The largest absolute Gasteiger partial charge is 0.389 e. The molecule has 4 nitrogen and oxygen atoms in total. The first kappa shape index (κ1) is 17.4. The van der Waals surface area contributed by atoms with Crippen molar-refractivity contribution in [2.45, 2.75) is 4.21 Å². The highest BCUT2D eigenvalue weighted by Gasteiger charge is 2.20. The monoisotopic (exact) mass is 532 g/mol. The van der Waals surface area contributed by atoms with Gasteiger partial charge in [0.2, 0.25) is 0 Å². The molecule has 0 atom stereocenters. The number of hydrogen-bond donors (Lipinski definition) is 2. The summed E-state index contributed by atoms with van der Waals surface area (Å²) in [4.78, 5) is 0.728. The predicted octanol–water partition coefficient (Wildman–Crippen LogP) is 4.47. The molecule has 3 N–H and O–H groups in total. The van der Waals surface area contributed by atoms with E-state index in [0.717, 1.165) is 15.8 Å². The van der Waals surface area contributed by atoms with Crippen molar-refractivity contribution in [1.82, 2.24) is 0 Å². The molecule has 0 aliphatic rings. The second-order valence-corrected chi connectivity index (χ2v) is 9.89. The van der Waals surface area contributed by atoms with Gasteiger partial charge in [-0.25, -0.2) is 8.42 Å². The Labute approximate surface area is 156 Å². The Kier molecular flexibility index (Phi) is 5.48. The summed E-state index contributed by atoms with van der Waals surface area (Å²) in [7, 11) is -3.71. The van der Waals surface area contributed by atoms with Crippen LogP contribution in [0.15, 0.2) is 41.9 Å². The number of benzene rings is 1. The molecule has 0 saturated heterocycles. The first-order chi connectivity index (χ1) is 9.70. The normalized spacial score (nSPS) is 11.4. The van der Waals surface area contributed by atoms with Gasteiger partial charge in [0.25, 0.3) is 10.0 Å². The summed E-state index contributed by atoms with van der Waals surface area (Å²) in [5.41, 5.74) is 5.91. The molecule has 0 aliphatic heterocycles. The minimum Gasteiger partial charge on any atom is -0.389 e. The lowest BCUT2D eigenvalue weighted by Crippen LogP contribution is -2.12. The zero-order chi connectivity index (χ0) is 15.8. The fraction of sp³-hybridized carbons (Fsp3) is 0. The molecule has 0 amide bonds. The van der Waals surface area contributed by atoms with Crippen molar-refractivity contribution in [3.05, 3.63) is 42.6 Å². The maximum Gasteiger partial charge on any atom is 0.271 e. The van der Waals surface area contributed by atoms with Crippen LogP contribution >= 0.6 is 71.3 Å². The van der Waals surface area contributed by atoms with E-state index in [4.69, 9.17) is 18.0 Å². The van der Waals surface area contributed by atoms with Gasteiger partial charge < -0.3 is 5.73 Å². The van der Waals surface area contributed by atoms with E-state index in [1.807, 2.05) is 0 Å². The van der Waals surface area contributed by atoms with Gasteiger partial charge >= 0.3 is 0 Å². The maximum atomic E-state index is 12.4. The summed E-state index contributed by atoms with van der Waals surface area (Å²) in [6.45, 7) is 0. The second-order valence-electron chi connectivity index (χ2n) is 3.83. The lowest BCUT2D eigenvalue weighted by Gasteiger charge is -2.11. The van der Waals surface area contributed by atoms with E-state index in [1.54, 1.807) is 18.2 Å². The number of thiophene rings is 1. The summed E-state index contributed by atoms with van der Waals surface area (Å²) in [6.07, 6.45) is 0. The number of thiocarbonyl (C=S) groups is 1. The molecule has 0 unspecified atom stereocenters. The summed E-state index contributed by atoms with van der Waals surface area (Å²) in [5.74, 6) is 0. The van der Waals surface area contributed by atoms with Crippen LogP contribution < -0.4 is 10.5 Å². The van der Waals surface area contributed by atoms with Gasteiger partial charge in [0.15, 0.2) is 0 Å².